The molecule has 1 spiro atoms. The topological polar surface area (TPSA) is 42.4 Å². The van der Waals surface area contributed by atoms with Crippen LogP contribution in [-0.2, 0) is 28.2 Å². The third-order valence-electron chi connectivity index (χ3n) is 5.16. The standard InChI is InChI=1S/C20H22N2O2/c1-15-10-16(12-21-11-15)6-7-19(23)22-9-8-20(14-22)18-5-3-2-4-17(18)13-24-20/h2-5,10-12H,6-9,13-14H2,1H3. The first kappa shape index (κ1) is 15.3. The maximum atomic E-state index is 12.6. The van der Waals surface area contributed by atoms with E-state index >= 15 is 0 Å². The average Bonchev–Trinajstić information content (AvgIpc) is 3.19. The van der Waals surface area contributed by atoms with Crippen LogP contribution in [0.5, 0.6) is 0 Å². The van der Waals surface area contributed by atoms with Crippen LogP contribution in [0.2, 0.25) is 0 Å². The predicted octanol–water partition coefficient (Wildman–Crippen LogP) is 2.98. The Kier molecular flexibility index (Phi) is 3.85. The zero-order valence-corrected chi connectivity index (χ0v) is 14.0. The number of benzene rings is 1. The Morgan fingerprint density at radius 2 is 2.21 bits per heavy atom. The fraction of sp³-hybridized carbons (Fsp3) is 0.400. The molecular formula is C20H22N2O2. The lowest BCUT2D eigenvalue weighted by Gasteiger charge is -2.24. The van der Waals surface area contributed by atoms with Gasteiger partial charge in [0, 0.05) is 25.4 Å². The van der Waals surface area contributed by atoms with Crippen LogP contribution in [0.4, 0.5) is 0 Å². The van der Waals surface area contributed by atoms with E-state index < -0.39 is 0 Å². The van der Waals surface area contributed by atoms with Gasteiger partial charge in [-0.25, -0.2) is 0 Å². The van der Waals surface area contributed by atoms with Crippen molar-refractivity contribution in [2.75, 3.05) is 13.1 Å². The summed E-state index contributed by atoms with van der Waals surface area (Å²) in [4.78, 5) is 18.8. The van der Waals surface area contributed by atoms with Crippen LogP contribution in [0.25, 0.3) is 0 Å². The monoisotopic (exact) mass is 322 g/mol. The van der Waals surface area contributed by atoms with Crippen LogP contribution >= 0.6 is 0 Å². The quantitative estimate of drug-likeness (QED) is 0.872. The molecule has 0 bridgehead atoms. The summed E-state index contributed by atoms with van der Waals surface area (Å²) in [6.07, 6.45) is 5.85. The molecule has 1 amide bonds. The van der Waals surface area contributed by atoms with Crippen LogP contribution in [0, 0.1) is 6.92 Å². The van der Waals surface area contributed by atoms with Gasteiger partial charge in [0.25, 0.3) is 0 Å². The molecule has 2 aliphatic heterocycles. The number of aryl methyl sites for hydroxylation is 2. The van der Waals surface area contributed by atoms with Gasteiger partial charge in [-0.3, -0.25) is 9.78 Å². The number of likely N-dealkylation sites (tertiary alicyclic amines) is 1. The van der Waals surface area contributed by atoms with Gasteiger partial charge < -0.3 is 9.64 Å². The van der Waals surface area contributed by atoms with Crippen LogP contribution in [0.1, 0.15) is 35.1 Å². The van der Waals surface area contributed by atoms with Gasteiger partial charge in [-0.05, 0) is 42.0 Å². The average molecular weight is 322 g/mol. The molecule has 3 heterocycles. The Hall–Kier alpha value is -2.20. The molecule has 124 valence electrons. The summed E-state index contributed by atoms with van der Waals surface area (Å²) in [7, 11) is 0. The highest BCUT2D eigenvalue weighted by Crippen LogP contribution is 2.43. The molecule has 1 saturated heterocycles. The van der Waals surface area contributed by atoms with E-state index in [4.69, 9.17) is 4.74 Å². The number of pyridine rings is 1. The molecule has 0 saturated carbocycles. The molecule has 0 aliphatic carbocycles. The minimum Gasteiger partial charge on any atom is -0.364 e. The molecule has 1 aromatic carbocycles. The van der Waals surface area contributed by atoms with E-state index in [1.165, 1.54) is 11.1 Å². The van der Waals surface area contributed by atoms with Crippen molar-refractivity contribution in [3.8, 4) is 0 Å². The van der Waals surface area contributed by atoms with E-state index in [2.05, 4.69) is 35.3 Å². The van der Waals surface area contributed by atoms with Crippen molar-refractivity contribution in [2.45, 2.75) is 38.4 Å². The fourth-order valence-electron chi connectivity index (χ4n) is 3.88. The summed E-state index contributed by atoms with van der Waals surface area (Å²) in [5.41, 5.74) is 4.51. The normalized spacial score (nSPS) is 22.1. The second kappa shape index (κ2) is 6.02. The number of nitrogens with zero attached hydrogens (tertiary/aromatic N) is 2. The van der Waals surface area contributed by atoms with Crippen molar-refractivity contribution >= 4 is 5.91 Å². The Morgan fingerprint density at radius 3 is 3.08 bits per heavy atom. The first-order chi connectivity index (χ1) is 11.7. The number of carbonyl (C=O) groups is 1. The minimum atomic E-state index is -0.281. The van der Waals surface area contributed by atoms with Gasteiger partial charge >= 0.3 is 0 Å². The Labute approximate surface area is 142 Å². The zero-order valence-electron chi connectivity index (χ0n) is 14.0. The second-order valence-corrected chi connectivity index (χ2v) is 6.88. The summed E-state index contributed by atoms with van der Waals surface area (Å²) < 4.78 is 6.13. The van der Waals surface area contributed by atoms with E-state index in [0.29, 0.717) is 19.6 Å². The molecule has 2 aromatic rings. The molecule has 0 N–H and O–H groups in total. The molecule has 0 radical (unpaired) electrons. The molecular weight excluding hydrogens is 300 g/mol. The summed E-state index contributed by atoms with van der Waals surface area (Å²) in [5, 5.41) is 0. The first-order valence-corrected chi connectivity index (χ1v) is 8.57. The van der Waals surface area contributed by atoms with Gasteiger partial charge in [0.2, 0.25) is 5.91 Å². The van der Waals surface area contributed by atoms with E-state index in [-0.39, 0.29) is 11.5 Å². The second-order valence-electron chi connectivity index (χ2n) is 6.88. The number of hydrogen-bond donors (Lipinski definition) is 0. The summed E-state index contributed by atoms with van der Waals surface area (Å²) in [6, 6.07) is 10.5. The van der Waals surface area contributed by atoms with Gasteiger partial charge in [-0.1, -0.05) is 30.3 Å². The minimum absolute atomic E-state index is 0.210. The highest BCUT2D eigenvalue weighted by Gasteiger charge is 2.46. The number of carbonyl (C=O) groups excluding carboxylic acids is 1. The van der Waals surface area contributed by atoms with Crippen molar-refractivity contribution in [3.63, 3.8) is 0 Å². The molecule has 2 aliphatic rings. The van der Waals surface area contributed by atoms with Crippen LogP contribution in [0.3, 0.4) is 0 Å². The number of rotatable bonds is 3. The molecule has 24 heavy (non-hydrogen) atoms. The van der Waals surface area contributed by atoms with Crippen LogP contribution < -0.4 is 0 Å². The molecule has 4 nitrogen and oxygen atoms in total. The van der Waals surface area contributed by atoms with Gasteiger partial charge in [0.1, 0.15) is 5.60 Å². The molecule has 1 fully saturated rings. The maximum Gasteiger partial charge on any atom is 0.223 e. The Balaban J connectivity index is 1.41. The molecule has 1 atom stereocenters. The van der Waals surface area contributed by atoms with Gasteiger partial charge in [0.05, 0.1) is 13.2 Å². The first-order valence-electron chi connectivity index (χ1n) is 8.57. The largest absolute Gasteiger partial charge is 0.364 e. The fourth-order valence-corrected chi connectivity index (χ4v) is 3.88. The molecule has 1 aromatic heterocycles. The van der Waals surface area contributed by atoms with Gasteiger partial charge in [-0.2, -0.15) is 0 Å². The van der Waals surface area contributed by atoms with Crippen molar-refractivity contribution in [2.24, 2.45) is 0 Å². The third-order valence-corrected chi connectivity index (χ3v) is 5.16. The summed E-state index contributed by atoms with van der Waals surface area (Å²) >= 11 is 0. The van der Waals surface area contributed by atoms with Gasteiger partial charge in [-0.15, -0.1) is 0 Å². The van der Waals surface area contributed by atoms with Crippen molar-refractivity contribution < 1.29 is 9.53 Å². The van der Waals surface area contributed by atoms with E-state index in [0.717, 1.165) is 30.5 Å². The third kappa shape index (κ3) is 2.71. The predicted molar refractivity (Wildman–Crippen MR) is 91.4 cm³/mol. The summed E-state index contributed by atoms with van der Waals surface area (Å²) in [5.74, 6) is 0.210. The lowest BCUT2D eigenvalue weighted by atomic mass is 9.92. The van der Waals surface area contributed by atoms with Gasteiger partial charge in [0.15, 0.2) is 0 Å². The summed E-state index contributed by atoms with van der Waals surface area (Å²) in [6.45, 7) is 4.14. The SMILES string of the molecule is Cc1cncc(CCC(=O)N2CCC3(C2)OCc2ccccc23)c1. The number of hydrogen-bond acceptors (Lipinski definition) is 3. The number of fused-ring (bicyclic) bond motifs is 2. The highest BCUT2D eigenvalue weighted by atomic mass is 16.5. The van der Waals surface area contributed by atoms with Crippen LogP contribution in [0.15, 0.2) is 42.7 Å². The smallest absolute Gasteiger partial charge is 0.223 e. The maximum absolute atomic E-state index is 12.6. The molecule has 1 unspecified atom stereocenters. The number of ether oxygens (including phenoxy) is 1. The van der Waals surface area contributed by atoms with Crippen LogP contribution in [-0.4, -0.2) is 28.9 Å². The van der Waals surface area contributed by atoms with E-state index in [1.807, 2.05) is 24.2 Å². The number of amides is 1. The van der Waals surface area contributed by atoms with Crippen molar-refractivity contribution in [1.29, 1.82) is 0 Å². The lowest BCUT2D eigenvalue weighted by Crippen LogP contribution is -2.34. The molecule has 4 heteroatoms. The number of aromatic nitrogens is 1. The van der Waals surface area contributed by atoms with Crippen molar-refractivity contribution in [1.82, 2.24) is 9.88 Å². The molecule has 4 rings (SSSR count). The van der Waals surface area contributed by atoms with E-state index in [9.17, 15) is 4.79 Å². The van der Waals surface area contributed by atoms with E-state index in [1.54, 1.807) is 0 Å². The highest BCUT2D eigenvalue weighted by molar-refractivity contribution is 5.77. The lowest BCUT2D eigenvalue weighted by molar-refractivity contribution is -0.131. The Bertz CT molecular complexity index is 774. The van der Waals surface area contributed by atoms with Crippen molar-refractivity contribution in [3.05, 3.63) is 65.0 Å². The Morgan fingerprint density at radius 1 is 1.33 bits per heavy atom. The zero-order chi connectivity index (χ0) is 16.6.